The van der Waals surface area contributed by atoms with Gasteiger partial charge in [0, 0.05) is 26.2 Å². The quantitative estimate of drug-likeness (QED) is 0.736. The van der Waals surface area contributed by atoms with E-state index in [-0.39, 0.29) is 11.5 Å². The molecule has 2 unspecified atom stereocenters. The lowest BCUT2D eigenvalue weighted by Gasteiger charge is -2.42. The molecule has 3 N–H and O–H groups in total. The van der Waals surface area contributed by atoms with E-state index in [0.717, 1.165) is 38.8 Å². The van der Waals surface area contributed by atoms with E-state index >= 15 is 0 Å². The molecule has 5 nitrogen and oxygen atoms in total. The minimum absolute atomic E-state index is 0.101. The summed E-state index contributed by atoms with van der Waals surface area (Å²) in [7, 11) is 1.76. The van der Waals surface area contributed by atoms with Gasteiger partial charge in [-0.2, -0.15) is 0 Å². The van der Waals surface area contributed by atoms with Crippen molar-refractivity contribution in [3.63, 3.8) is 0 Å². The lowest BCUT2D eigenvalue weighted by molar-refractivity contribution is -0.126. The minimum Gasteiger partial charge on any atom is -0.377 e. The van der Waals surface area contributed by atoms with Crippen molar-refractivity contribution in [1.29, 1.82) is 0 Å². The van der Waals surface area contributed by atoms with Crippen LogP contribution < -0.4 is 11.1 Å². The molecule has 1 heterocycles. The fourth-order valence-corrected chi connectivity index (χ4v) is 2.93. The molecular formula is C14H27N3O2. The summed E-state index contributed by atoms with van der Waals surface area (Å²) in [6.45, 7) is 6.59. The molecule has 1 amide bonds. The molecule has 0 bridgehead atoms. The maximum Gasteiger partial charge on any atom is 0.238 e. The number of likely N-dealkylation sites (tertiary alicyclic amines) is 1. The minimum atomic E-state index is -0.632. The molecular weight excluding hydrogens is 242 g/mol. The normalized spacial score (nSPS) is 31.9. The van der Waals surface area contributed by atoms with E-state index in [0.29, 0.717) is 12.6 Å². The molecule has 2 aliphatic rings. The maximum atomic E-state index is 11.8. The van der Waals surface area contributed by atoms with Crippen LogP contribution in [0.4, 0.5) is 0 Å². The van der Waals surface area contributed by atoms with E-state index in [2.05, 4.69) is 17.1 Å². The lowest BCUT2D eigenvalue weighted by atomic mass is 9.92. The van der Waals surface area contributed by atoms with E-state index < -0.39 is 5.54 Å². The van der Waals surface area contributed by atoms with Gasteiger partial charge in [-0.05, 0) is 46.1 Å². The highest BCUT2D eigenvalue weighted by atomic mass is 16.5. The Balaban J connectivity index is 1.98. The van der Waals surface area contributed by atoms with Gasteiger partial charge in [-0.3, -0.25) is 15.0 Å². The smallest absolute Gasteiger partial charge is 0.238 e. The van der Waals surface area contributed by atoms with E-state index in [9.17, 15) is 4.79 Å². The number of carbonyl (C=O) groups excluding carboxylic acids is 1. The molecule has 0 aromatic rings. The van der Waals surface area contributed by atoms with Crippen molar-refractivity contribution in [3.05, 3.63) is 0 Å². The molecule has 0 radical (unpaired) electrons. The SMILES string of the molecule is COC1(C)CCCN(CC(C)(NC2CC2)C(N)=O)C1. The first-order chi connectivity index (χ1) is 8.87. The van der Waals surface area contributed by atoms with E-state index in [4.69, 9.17) is 10.5 Å². The van der Waals surface area contributed by atoms with Crippen LogP contribution in [0.1, 0.15) is 39.5 Å². The van der Waals surface area contributed by atoms with Gasteiger partial charge in [-0.15, -0.1) is 0 Å². The van der Waals surface area contributed by atoms with Crippen LogP contribution in [0.5, 0.6) is 0 Å². The largest absolute Gasteiger partial charge is 0.377 e. The number of piperidine rings is 1. The molecule has 1 saturated heterocycles. The molecule has 0 aromatic carbocycles. The van der Waals surface area contributed by atoms with Gasteiger partial charge in [-0.1, -0.05) is 0 Å². The zero-order valence-corrected chi connectivity index (χ0v) is 12.4. The van der Waals surface area contributed by atoms with Gasteiger partial charge in [0.25, 0.3) is 0 Å². The molecule has 0 aromatic heterocycles. The van der Waals surface area contributed by atoms with E-state index in [1.54, 1.807) is 7.11 Å². The Labute approximate surface area is 115 Å². The highest BCUT2D eigenvalue weighted by molar-refractivity contribution is 5.84. The number of amides is 1. The average Bonchev–Trinajstić information content (AvgIpc) is 3.12. The Bertz CT molecular complexity index is 346. The molecule has 2 rings (SSSR count). The van der Waals surface area contributed by atoms with Crippen LogP contribution in [-0.4, -0.2) is 54.7 Å². The summed E-state index contributed by atoms with van der Waals surface area (Å²) >= 11 is 0. The number of nitrogens with zero attached hydrogens (tertiary/aromatic N) is 1. The van der Waals surface area contributed by atoms with Crippen molar-refractivity contribution >= 4 is 5.91 Å². The fourth-order valence-electron chi connectivity index (χ4n) is 2.93. The van der Waals surface area contributed by atoms with Crippen LogP contribution in [0.15, 0.2) is 0 Å². The predicted octanol–water partition coefficient (Wildman–Crippen LogP) is 0.483. The van der Waals surface area contributed by atoms with Crippen molar-refractivity contribution in [2.75, 3.05) is 26.7 Å². The number of nitrogens with one attached hydrogen (secondary N) is 1. The molecule has 0 spiro atoms. The number of ether oxygens (including phenoxy) is 1. The second-order valence-electron chi connectivity index (χ2n) is 6.58. The van der Waals surface area contributed by atoms with Crippen LogP contribution >= 0.6 is 0 Å². The molecule has 110 valence electrons. The van der Waals surface area contributed by atoms with Crippen LogP contribution in [0, 0.1) is 0 Å². The molecule has 2 atom stereocenters. The molecule has 2 fully saturated rings. The number of carbonyl (C=O) groups is 1. The fraction of sp³-hybridized carbons (Fsp3) is 0.929. The Morgan fingerprint density at radius 1 is 1.58 bits per heavy atom. The summed E-state index contributed by atoms with van der Waals surface area (Å²) in [5.41, 5.74) is 4.87. The van der Waals surface area contributed by atoms with Gasteiger partial charge < -0.3 is 10.5 Å². The van der Waals surface area contributed by atoms with Crippen molar-refractivity contribution in [1.82, 2.24) is 10.2 Å². The Morgan fingerprint density at radius 3 is 2.79 bits per heavy atom. The number of hydrogen-bond acceptors (Lipinski definition) is 4. The monoisotopic (exact) mass is 269 g/mol. The van der Waals surface area contributed by atoms with Crippen molar-refractivity contribution in [2.24, 2.45) is 5.73 Å². The average molecular weight is 269 g/mol. The predicted molar refractivity (Wildman–Crippen MR) is 74.8 cm³/mol. The third kappa shape index (κ3) is 3.68. The Hall–Kier alpha value is -0.650. The van der Waals surface area contributed by atoms with Gasteiger partial charge in [0.15, 0.2) is 0 Å². The lowest BCUT2D eigenvalue weighted by Crippen LogP contribution is -2.62. The summed E-state index contributed by atoms with van der Waals surface area (Å²) in [5.74, 6) is -0.260. The first-order valence-corrected chi connectivity index (χ1v) is 7.22. The van der Waals surface area contributed by atoms with Crippen LogP contribution in [0.3, 0.4) is 0 Å². The second-order valence-corrected chi connectivity index (χ2v) is 6.58. The first kappa shape index (κ1) is 14.8. The number of hydrogen-bond donors (Lipinski definition) is 2. The molecule has 1 aliphatic carbocycles. The van der Waals surface area contributed by atoms with Gasteiger partial charge in [-0.25, -0.2) is 0 Å². The number of nitrogens with two attached hydrogens (primary N) is 1. The van der Waals surface area contributed by atoms with Crippen molar-refractivity contribution in [3.8, 4) is 0 Å². The maximum absolute atomic E-state index is 11.8. The summed E-state index contributed by atoms with van der Waals surface area (Å²) in [4.78, 5) is 14.1. The molecule has 1 saturated carbocycles. The summed E-state index contributed by atoms with van der Waals surface area (Å²) in [5, 5.41) is 3.40. The first-order valence-electron chi connectivity index (χ1n) is 7.22. The molecule has 1 aliphatic heterocycles. The van der Waals surface area contributed by atoms with Crippen LogP contribution in [-0.2, 0) is 9.53 Å². The van der Waals surface area contributed by atoms with Gasteiger partial charge in [0.1, 0.15) is 5.54 Å². The van der Waals surface area contributed by atoms with Crippen molar-refractivity contribution in [2.45, 2.75) is 56.7 Å². The molecule has 5 heteroatoms. The number of rotatable bonds is 6. The summed E-state index contributed by atoms with van der Waals surface area (Å²) in [6.07, 6.45) is 4.48. The topological polar surface area (TPSA) is 67.6 Å². The Kier molecular flexibility index (Phi) is 4.18. The third-order valence-electron chi connectivity index (χ3n) is 4.41. The number of methoxy groups -OCH3 is 1. The Morgan fingerprint density at radius 2 is 2.26 bits per heavy atom. The second kappa shape index (κ2) is 5.38. The number of primary amides is 1. The van der Waals surface area contributed by atoms with Crippen LogP contribution in [0.2, 0.25) is 0 Å². The van der Waals surface area contributed by atoms with Gasteiger partial charge in [0.2, 0.25) is 5.91 Å². The summed E-state index contributed by atoms with van der Waals surface area (Å²) in [6, 6.07) is 0.469. The van der Waals surface area contributed by atoms with Gasteiger partial charge in [0.05, 0.1) is 5.60 Å². The standard InChI is InChI=1S/C14H27N3O2/c1-13(19-3)7-4-8-17(9-13)10-14(2,12(15)18)16-11-5-6-11/h11,16H,4-10H2,1-3H3,(H2,15,18). The van der Waals surface area contributed by atoms with E-state index in [1.807, 2.05) is 6.92 Å². The highest BCUT2D eigenvalue weighted by Crippen LogP contribution is 2.27. The van der Waals surface area contributed by atoms with Crippen LogP contribution in [0.25, 0.3) is 0 Å². The highest BCUT2D eigenvalue weighted by Gasteiger charge is 2.40. The zero-order valence-electron chi connectivity index (χ0n) is 12.4. The van der Waals surface area contributed by atoms with Crippen molar-refractivity contribution < 1.29 is 9.53 Å². The summed E-state index contributed by atoms with van der Waals surface area (Å²) < 4.78 is 5.60. The molecule has 19 heavy (non-hydrogen) atoms. The van der Waals surface area contributed by atoms with Gasteiger partial charge >= 0.3 is 0 Å². The third-order valence-corrected chi connectivity index (χ3v) is 4.41. The van der Waals surface area contributed by atoms with E-state index in [1.165, 1.54) is 0 Å². The zero-order chi connectivity index (χ0) is 14.1.